The van der Waals surface area contributed by atoms with Gasteiger partial charge in [-0.15, -0.1) is 0 Å². The summed E-state index contributed by atoms with van der Waals surface area (Å²) in [5, 5.41) is 0. The SMILES string of the molecule is Cc1ccc(F)cc1N1CCN(CCC2CCC(C)CC2)CC1. The maximum absolute atomic E-state index is 13.5. The van der Waals surface area contributed by atoms with Crippen LogP contribution in [0.5, 0.6) is 0 Å². The quantitative estimate of drug-likeness (QED) is 0.808. The molecule has 2 nitrogen and oxygen atoms in total. The fourth-order valence-corrected chi connectivity index (χ4v) is 4.12. The summed E-state index contributed by atoms with van der Waals surface area (Å²) in [6, 6.07) is 5.13. The molecule has 1 aliphatic carbocycles. The Balaban J connectivity index is 1.44. The van der Waals surface area contributed by atoms with Crippen molar-refractivity contribution in [1.82, 2.24) is 4.90 Å². The van der Waals surface area contributed by atoms with Gasteiger partial charge < -0.3 is 4.90 Å². The van der Waals surface area contributed by atoms with E-state index in [2.05, 4.69) is 23.6 Å². The first kappa shape index (κ1) is 16.8. The number of hydrogen-bond donors (Lipinski definition) is 0. The van der Waals surface area contributed by atoms with Crippen molar-refractivity contribution in [2.45, 2.75) is 46.0 Å². The minimum absolute atomic E-state index is 0.125. The Bertz CT molecular complexity index is 500. The Morgan fingerprint density at radius 1 is 1.04 bits per heavy atom. The first-order valence-electron chi connectivity index (χ1n) is 9.35. The predicted molar refractivity (Wildman–Crippen MR) is 95.5 cm³/mol. The van der Waals surface area contributed by atoms with Gasteiger partial charge in [0, 0.05) is 31.9 Å². The summed E-state index contributed by atoms with van der Waals surface area (Å²) in [6.45, 7) is 9.97. The fraction of sp³-hybridized carbons (Fsp3) is 0.700. The summed E-state index contributed by atoms with van der Waals surface area (Å²) in [4.78, 5) is 4.94. The molecule has 3 rings (SSSR count). The largest absolute Gasteiger partial charge is 0.369 e. The smallest absolute Gasteiger partial charge is 0.125 e. The lowest BCUT2D eigenvalue weighted by Crippen LogP contribution is -2.47. The molecule has 2 aliphatic rings. The van der Waals surface area contributed by atoms with Crippen LogP contribution >= 0.6 is 0 Å². The Morgan fingerprint density at radius 2 is 1.74 bits per heavy atom. The van der Waals surface area contributed by atoms with E-state index < -0.39 is 0 Å². The molecule has 3 heteroatoms. The van der Waals surface area contributed by atoms with Gasteiger partial charge in [0.2, 0.25) is 0 Å². The minimum atomic E-state index is -0.125. The van der Waals surface area contributed by atoms with Crippen molar-refractivity contribution in [3.05, 3.63) is 29.6 Å². The van der Waals surface area contributed by atoms with Crippen molar-refractivity contribution in [3.63, 3.8) is 0 Å². The first-order valence-corrected chi connectivity index (χ1v) is 9.35. The normalized spacial score (nSPS) is 26.5. The standard InChI is InChI=1S/C20H31FN2/c1-16-3-6-18(7-4-16)9-10-22-11-13-23(14-12-22)20-15-19(21)8-5-17(20)2/h5,8,15-16,18H,3-4,6-7,9-14H2,1-2H3. The van der Waals surface area contributed by atoms with E-state index in [1.54, 1.807) is 12.1 Å². The molecule has 0 N–H and O–H groups in total. The van der Waals surface area contributed by atoms with Gasteiger partial charge in [-0.3, -0.25) is 4.90 Å². The van der Waals surface area contributed by atoms with Crippen molar-refractivity contribution in [2.24, 2.45) is 11.8 Å². The van der Waals surface area contributed by atoms with Crippen LogP contribution in [-0.4, -0.2) is 37.6 Å². The van der Waals surface area contributed by atoms with Gasteiger partial charge in [0.05, 0.1) is 0 Å². The van der Waals surface area contributed by atoms with E-state index in [0.717, 1.165) is 43.7 Å². The first-order chi connectivity index (χ1) is 11.1. The Morgan fingerprint density at radius 3 is 2.43 bits per heavy atom. The van der Waals surface area contributed by atoms with E-state index in [1.165, 1.54) is 44.2 Å². The zero-order chi connectivity index (χ0) is 16.2. The van der Waals surface area contributed by atoms with Crippen LogP contribution in [0.2, 0.25) is 0 Å². The zero-order valence-corrected chi connectivity index (χ0v) is 14.7. The van der Waals surface area contributed by atoms with Crippen molar-refractivity contribution >= 4 is 5.69 Å². The second kappa shape index (κ2) is 7.65. The molecule has 128 valence electrons. The summed E-state index contributed by atoms with van der Waals surface area (Å²) in [5.41, 5.74) is 2.25. The number of halogens is 1. The van der Waals surface area contributed by atoms with E-state index >= 15 is 0 Å². The predicted octanol–water partition coefficient (Wildman–Crippen LogP) is 4.47. The van der Waals surface area contributed by atoms with Gasteiger partial charge >= 0.3 is 0 Å². The van der Waals surface area contributed by atoms with Gasteiger partial charge in [0.1, 0.15) is 5.82 Å². The van der Waals surface area contributed by atoms with Gasteiger partial charge in [-0.05, 0) is 49.4 Å². The average Bonchev–Trinajstić information content (AvgIpc) is 2.57. The molecular weight excluding hydrogens is 287 g/mol. The van der Waals surface area contributed by atoms with Crippen molar-refractivity contribution in [3.8, 4) is 0 Å². The molecule has 0 bridgehead atoms. The summed E-state index contributed by atoms with van der Waals surface area (Å²) >= 11 is 0. The van der Waals surface area contributed by atoms with E-state index in [4.69, 9.17) is 0 Å². The van der Waals surface area contributed by atoms with Crippen LogP contribution in [0.15, 0.2) is 18.2 Å². The van der Waals surface area contributed by atoms with Crippen molar-refractivity contribution in [2.75, 3.05) is 37.6 Å². The third kappa shape index (κ3) is 4.47. The fourth-order valence-electron chi connectivity index (χ4n) is 4.12. The maximum Gasteiger partial charge on any atom is 0.125 e. The van der Waals surface area contributed by atoms with Crippen LogP contribution in [0, 0.1) is 24.6 Å². The molecule has 1 saturated carbocycles. The van der Waals surface area contributed by atoms with Crippen LogP contribution in [-0.2, 0) is 0 Å². The molecule has 23 heavy (non-hydrogen) atoms. The number of piperazine rings is 1. The monoisotopic (exact) mass is 318 g/mol. The number of hydrogen-bond acceptors (Lipinski definition) is 2. The number of rotatable bonds is 4. The lowest BCUT2D eigenvalue weighted by Gasteiger charge is -2.37. The van der Waals surface area contributed by atoms with Crippen LogP contribution in [0.25, 0.3) is 0 Å². The summed E-state index contributed by atoms with van der Waals surface area (Å²) in [6.07, 6.45) is 7.09. The zero-order valence-electron chi connectivity index (χ0n) is 14.7. The topological polar surface area (TPSA) is 6.48 Å². The van der Waals surface area contributed by atoms with Crippen molar-refractivity contribution < 1.29 is 4.39 Å². The molecule has 0 spiro atoms. The molecule has 0 aromatic heterocycles. The minimum Gasteiger partial charge on any atom is -0.369 e. The van der Waals surface area contributed by atoms with Crippen LogP contribution in [0.1, 0.15) is 44.6 Å². The molecule has 0 amide bonds. The van der Waals surface area contributed by atoms with Gasteiger partial charge in [-0.2, -0.15) is 0 Å². The highest BCUT2D eigenvalue weighted by Crippen LogP contribution is 2.30. The molecule has 1 saturated heterocycles. The van der Waals surface area contributed by atoms with Crippen molar-refractivity contribution in [1.29, 1.82) is 0 Å². The summed E-state index contributed by atoms with van der Waals surface area (Å²) in [7, 11) is 0. The number of aryl methyl sites for hydroxylation is 1. The van der Waals surface area contributed by atoms with Crippen LogP contribution in [0.3, 0.4) is 0 Å². The third-order valence-corrected chi connectivity index (χ3v) is 5.87. The molecule has 2 fully saturated rings. The average molecular weight is 318 g/mol. The highest BCUT2D eigenvalue weighted by atomic mass is 19.1. The molecule has 1 aromatic carbocycles. The number of benzene rings is 1. The molecule has 0 unspecified atom stereocenters. The number of anilines is 1. The van der Waals surface area contributed by atoms with Gasteiger partial charge in [0.15, 0.2) is 0 Å². The highest BCUT2D eigenvalue weighted by Gasteiger charge is 2.22. The Hall–Kier alpha value is -1.09. The van der Waals surface area contributed by atoms with Crippen LogP contribution in [0.4, 0.5) is 10.1 Å². The molecule has 1 aromatic rings. The second-order valence-corrected chi connectivity index (χ2v) is 7.67. The Kier molecular flexibility index (Phi) is 5.58. The number of nitrogens with zero attached hydrogens (tertiary/aromatic N) is 2. The molecule has 1 aliphatic heterocycles. The summed E-state index contributed by atoms with van der Waals surface area (Å²) in [5.74, 6) is 1.78. The maximum atomic E-state index is 13.5. The van der Waals surface area contributed by atoms with Gasteiger partial charge in [0.25, 0.3) is 0 Å². The second-order valence-electron chi connectivity index (χ2n) is 7.67. The summed E-state index contributed by atoms with van der Waals surface area (Å²) < 4.78 is 13.5. The van der Waals surface area contributed by atoms with E-state index in [0.29, 0.717) is 0 Å². The molecule has 0 atom stereocenters. The lowest BCUT2D eigenvalue weighted by molar-refractivity contribution is 0.208. The lowest BCUT2D eigenvalue weighted by atomic mass is 9.81. The molecular formula is C20H31FN2. The third-order valence-electron chi connectivity index (χ3n) is 5.87. The van der Waals surface area contributed by atoms with Crippen LogP contribution < -0.4 is 4.90 Å². The molecule has 0 radical (unpaired) electrons. The van der Waals surface area contributed by atoms with E-state index in [1.807, 2.05) is 6.07 Å². The highest BCUT2D eigenvalue weighted by molar-refractivity contribution is 5.53. The van der Waals surface area contributed by atoms with E-state index in [9.17, 15) is 4.39 Å². The molecule has 1 heterocycles. The van der Waals surface area contributed by atoms with Gasteiger partial charge in [-0.25, -0.2) is 4.39 Å². The Labute approximate surface area is 140 Å². The van der Waals surface area contributed by atoms with Gasteiger partial charge in [-0.1, -0.05) is 38.7 Å². The van der Waals surface area contributed by atoms with E-state index in [-0.39, 0.29) is 5.82 Å².